The largest absolute Gasteiger partial charge is 0.332 e. The Morgan fingerprint density at radius 1 is 1.82 bits per heavy atom. The van der Waals surface area contributed by atoms with E-state index in [9.17, 15) is 0 Å². The van der Waals surface area contributed by atoms with Crippen molar-refractivity contribution in [1.29, 1.82) is 0 Å². The molecule has 1 aliphatic heterocycles. The summed E-state index contributed by atoms with van der Waals surface area (Å²) in [6, 6.07) is 0.471. The zero-order valence-electron chi connectivity index (χ0n) is 6.75. The summed E-state index contributed by atoms with van der Waals surface area (Å²) in [6.45, 7) is 4.32. The summed E-state index contributed by atoms with van der Waals surface area (Å²) in [7, 11) is 0. The van der Waals surface area contributed by atoms with Gasteiger partial charge in [0.15, 0.2) is 0 Å². The van der Waals surface area contributed by atoms with Gasteiger partial charge in [-0.15, -0.1) is 0 Å². The van der Waals surface area contributed by atoms with Crippen molar-refractivity contribution in [2.45, 2.75) is 25.9 Å². The van der Waals surface area contributed by atoms with Gasteiger partial charge in [-0.2, -0.15) is 0 Å². The van der Waals surface area contributed by atoms with Gasteiger partial charge in [-0.3, -0.25) is 0 Å². The SMILES string of the molecule is CCC1NCCn2ccnc21. The van der Waals surface area contributed by atoms with Gasteiger partial charge in [-0.25, -0.2) is 4.98 Å². The normalized spacial score (nSPS) is 23.2. The number of hydrogen-bond acceptors (Lipinski definition) is 2. The fraction of sp³-hybridized carbons (Fsp3) is 0.625. The molecule has 1 aromatic heterocycles. The average Bonchev–Trinajstić information content (AvgIpc) is 2.50. The number of fused-ring (bicyclic) bond motifs is 1. The summed E-state index contributed by atoms with van der Waals surface area (Å²) >= 11 is 0. The Kier molecular flexibility index (Phi) is 1.66. The van der Waals surface area contributed by atoms with Crippen molar-refractivity contribution < 1.29 is 0 Å². The molecule has 2 rings (SSSR count). The number of nitrogens with one attached hydrogen (secondary N) is 1. The maximum Gasteiger partial charge on any atom is 0.125 e. The van der Waals surface area contributed by atoms with E-state index in [2.05, 4.69) is 28.0 Å². The van der Waals surface area contributed by atoms with Crippen LogP contribution in [0.4, 0.5) is 0 Å². The molecule has 0 spiro atoms. The van der Waals surface area contributed by atoms with Crippen LogP contribution in [0, 0.1) is 0 Å². The Morgan fingerprint density at radius 3 is 3.55 bits per heavy atom. The van der Waals surface area contributed by atoms with Crippen molar-refractivity contribution in [3.63, 3.8) is 0 Å². The number of aromatic nitrogens is 2. The third kappa shape index (κ3) is 1.05. The van der Waals surface area contributed by atoms with Crippen LogP contribution < -0.4 is 5.32 Å². The van der Waals surface area contributed by atoms with Crippen molar-refractivity contribution in [3.05, 3.63) is 18.2 Å². The first-order valence-corrected chi connectivity index (χ1v) is 4.16. The Labute approximate surface area is 66.4 Å². The monoisotopic (exact) mass is 151 g/mol. The van der Waals surface area contributed by atoms with Crippen molar-refractivity contribution in [3.8, 4) is 0 Å². The van der Waals surface area contributed by atoms with Gasteiger partial charge in [-0.05, 0) is 6.42 Å². The molecule has 60 valence electrons. The van der Waals surface area contributed by atoms with Crippen LogP contribution in [0.25, 0.3) is 0 Å². The maximum atomic E-state index is 4.31. The molecule has 0 amide bonds. The van der Waals surface area contributed by atoms with Crippen LogP contribution >= 0.6 is 0 Å². The fourth-order valence-electron chi connectivity index (χ4n) is 1.60. The molecule has 1 N–H and O–H groups in total. The minimum Gasteiger partial charge on any atom is -0.332 e. The first-order chi connectivity index (χ1) is 5.42. The summed E-state index contributed by atoms with van der Waals surface area (Å²) in [5.41, 5.74) is 0. The van der Waals surface area contributed by atoms with Crippen LogP contribution in [-0.4, -0.2) is 16.1 Å². The van der Waals surface area contributed by atoms with E-state index in [4.69, 9.17) is 0 Å². The molecule has 0 saturated heterocycles. The molecule has 1 aliphatic rings. The van der Waals surface area contributed by atoms with Crippen molar-refractivity contribution in [2.75, 3.05) is 6.54 Å². The molecule has 2 heterocycles. The Hall–Kier alpha value is -0.830. The first-order valence-electron chi connectivity index (χ1n) is 4.16. The maximum absolute atomic E-state index is 4.31. The highest BCUT2D eigenvalue weighted by Gasteiger charge is 2.17. The smallest absolute Gasteiger partial charge is 0.125 e. The van der Waals surface area contributed by atoms with Gasteiger partial charge < -0.3 is 9.88 Å². The second-order valence-electron chi connectivity index (χ2n) is 2.89. The highest BCUT2D eigenvalue weighted by atomic mass is 15.2. The van der Waals surface area contributed by atoms with E-state index < -0.39 is 0 Å². The molecule has 1 aromatic rings. The second-order valence-corrected chi connectivity index (χ2v) is 2.89. The van der Waals surface area contributed by atoms with Crippen molar-refractivity contribution in [2.24, 2.45) is 0 Å². The van der Waals surface area contributed by atoms with E-state index in [1.54, 1.807) is 0 Å². The van der Waals surface area contributed by atoms with Gasteiger partial charge in [-0.1, -0.05) is 6.92 Å². The van der Waals surface area contributed by atoms with E-state index in [0.717, 1.165) is 19.5 Å². The molecule has 3 heteroatoms. The lowest BCUT2D eigenvalue weighted by Gasteiger charge is -2.23. The highest BCUT2D eigenvalue weighted by Crippen LogP contribution is 2.17. The number of hydrogen-bond donors (Lipinski definition) is 1. The topological polar surface area (TPSA) is 29.9 Å². The van der Waals surface area contributed by atoms with Crippen molar-refractivity contribution >= 4 is 0 Å². The lowest BCUT2D eigenvalue weighted by molar-refractivity contribution is 0.406. The molecule has 0 bridgehead atoms. The van der Waals surface area contributed by atoms with Crippen LogP contribution in [0.1, 0.15) is 25.2 Å². The van der Waals surface area contributed by atoms with Gasteiger partial charge in [0.25, 0.3) is 0 Å². The van der Waals surface area contributed by atoms with Gasteiger partial charge in [0.1, 0.15) is 5.82 Å². The molecule has 0 aromatic carbocycles. The summed E-state index contributed by atoms with van der Waals surface area (Å²) in [4.78, 5) is 4.31. The first kappa shape index (κ1) is 6.85. The van der Waals surface area contributed by atoms with Crippen LogP contribution in [-0.2, 0) is 6.54 Å². The second kappa shape index (κ2) is 2.66. The molecular formula is C8H13N3. The van der Waals surface area contributed by atoms with Crippen molar-refractivity contribution in [1.82, 2.24) is 14.9 Å². The summed E-state index contributed by atoms with van der Waals surface area (Å²) < 4.78 is 2.23. The standard InChI is InChI=1S/C8H13N3/c1-2-7-8-10-4-6-11(8)5-3-9-7/h4,6-7,9H,2-3,5H2,1H3. The lowest BCUT2D eigenvalue weighted by atomic mass is 10.2. The molecule has 3 nitrogen and oxygen atoms in total. The van der Waals surface area contributed by atoms with Gasteiger partial charge in [0.2, 0.25) is 0 Å². The fourth-order valence-corrected chi connectivity index (χ4v) is 1.60. The van der Waals surface area contributed by atoms with Crippen LogP contribution in [0.3, 0.4) is 0 Å². The highest BCUT2D eigenvalue weighted by molar-refractivity contribution is 5.01. The molecular weight excluding hydrogens is 138 g/mol. The predicted octanol–water partition coefficient (Wildman–Crippen LogP) is 0.937. The lowest BCUT2D eigenvalue weighted by Crippen LogP contribution is -2.32. The Balaban J connectivity index is 2.32. The Bertz CT molecular complexity index is 241. The molecule has 0 radical (unpaired) electrons. The summed E-state index contributed by atoms with van der Waals surface area (Å²) in [5, 5.41) is 3.43. The quantitative estimate of drug-likeness (QED) is 0.647. The van der Waals surface area contributed by atoms with Crippen LogP contribution in [0.15, 0.2) is 12.4 Å². The third-order valence-electron chi connectivity index (χ3n) is 2.21. The van der Waals surface area contributed by atoms with E-state index >= 15 is 0 Å². The Morgan fingerprint density at radius 2 is 2.73 bits per heavy atom. The van der Waals surface area contributed by atoms with Gasteiger partial charge in [0.05, 0.1) is 6.04 Å². The van der Waals surface area contributed by atoms with Gasteiger partial charge >= 0.3 is 0 Å². The number of imidazole rings is 1. The van der Waals surface area contributed by atoms with Crippen LogP contribution in [0.5, 0.6) is 0 Å². The number of nitrogens with zero attached hydrogens (tertiary/aromatic N) is 2. The van der Waals surface area contributed by atoms with E-state index in [-0.39, 0.29) is 0 Å². The molecule has 0 aliphatic carbocycles. The third-order valence-corrected chi connectivity index (χ3v) is 2.21. The summed E-state index contributed by atoms with van der Waals surface area (Å²) in [5.74, 6) is 1.19. The van der Waals surface area contributed by atoms with Gasteiger partial charge in [0, 0.05) is 25.5 Å². The van der Waals surface area contributed by atoms with Crippen LogP contribution in [0.2, 0.25) is 0 Å². The molecule has 1 atom stereocenters. The molecule has 0 saturated carbocycles. The van der Waals surface area contributed by atoms with E-state index in [1.165, 1.54) is 5.82 Å². The zero-order chi connectivity index (χ0) is 7.68. The number of rotatable bonds is 1. The molecule has 1 unspecified atom stereocenters. The summed E-state index contributed by atoms with van der Waals surface area (Å²) in [6.07, 6.45) is 5.06. The predicted molar refractivity (Wildman–Crippen MR) is 43.3 cm³/mol. The van der Waals surface area contributed by atoms with E-state index in [0.29, 0.717) is 6.04 Å². The van der Waals surface area contributed by atoms with E-state index in [1.807, 2.05) is 6.20 Å². The molecule has 11 heavy (non-hydrogen) atoms. The zero-order valence-corrected chi connectivity index (χ0v) is 6.75. The minimum absolute atomic E-state index is 0.471. The molecule has 0 fully saturated rings. The average molecular weight is 151 g/mol. The minimum atomic E-state index is 0.471.